The SMILES string of the molecule is O=[N+]([O-])c1[c]cc(-c2cccc(Cl)c2Cl)cc1. The summed E-state index contributed by atoms with van der Waals surface area (Å²) >= 11 is 11.9. The standard InChI is InChI=1S/C12H6Cl2NO2/c13-11-3-1-2-10(12(11)14)8-4-6-9(7-5-8)15(16)17/h1-6H. The Hall–Kier alpha value is -1.58. The predicted octanol–water partition coefficient (Wildman–Crippen LogP) is 4.37. The second-order valence-corrected chi connectivity index (χ2v) is 4.11. The lowest BCUT2D eigenvalue weighted by Gasteiger charge is -2.05. The van der Waals surface area contributed by atoms with Crippen LogP contribution >= 0.6 is 23.2 Å². The Morgan fingerprint density at radius 3 is 2.53 bits per heavy atom. The summed E-state index contributed by atoms with van der Waals surface area (Å²) in [6.45, 7) is 0. The Balaban J connectivity index is 2.47. The average molecular weight is 267 g/mol. The van der Waals surface area contributed by atoms with E-state index < -0.39 is 4.92 Å². The van der Waals surface area contributed by atoms with Crippen LogP contribution in [0.4, 0.5) is 5.69 Å². The number of hydrogen-bond donors (Lipinski definition) is 0. The number of halogens is 2. The molecule has 85 valence electrons. The molecule has 5 heteroatoms. The van der Waals surface area contributed by atoms with Gasteiger partial charge in [-0.05, 0) is 23.8 Å². The van der Waals surface area contributed by atoms with Gasteiger partial charge in [0.15, 0.2) is 0 Å². The Morgan fingerprint density at radius 2 is 1.94 bits per heavy atom. The van der Waals surface area contributed by atoms with Crippen molar-refractivity contribution in [2.45, 2.75) is 0 Å². The van der Waals surface area contributed by atoms with Gasteiger partial charge < -0.3 is 0 Å². The van der Waals surface area contributed by atoms with Gasteiger partial charge in [-0.1, -0.05) is 35.3 Å². The van der Waals surface area contributed by atoms with Crippen molar-refractivity contribution in [3.05, 3.63) is 62.6 Å². The second-order valence-electron chi connectivity index (χ2n) is 3.32. The monoisotopic (exact) mass is 266 g/mol. The maximum atomic E-state index is 10.5. The van der Waals surface area contributed by atoms with Gasteiger partial charge in [0.25, 0.3) is 5.69 Å². The molecular weight excluding hydrogens is 261 g/mol. The summed E-state index contributed by atoms with van der Waals surface area (Å²) in [6.07, 6.45) is 0. The van der Waals surface area contributed by atoms with E-state index in [2.05, 4.69) is 6.07 Å². The Morgan fingerprint density at radius 1 is 1.18 bits per heavy atom. The van der Waals surface area contributed by atoms with Crippen molar-refractivity contribution in [3.8, 4) is 11.1 Å². The van der Waals surface area contributed by atoms with Gasteiger partial charge in [0.1, 0.15) is 0 Å². The van der Waals surface area contributed by atoms with Crippen LogP contribution in [0.5, 0.6) is 0 Å². The van der Waals surface area contributed by atoms with Crippen LogP contribution in [0.15, 0.2) is 36.4 Å². The highest BCUT2D eigenvalue weighted by atomic mass is 35.5. The van der Waals surface area contributed by atoms with Crippen LogP contribution in [0.2, 0.25) is 10.0 Å². The van der Waals surface area contributed by atoms with Crippen LogP contribution in [0.1, 0.15) is 0 Å². The Kier molecular flexibility index (Phi) is 3.31. The van der Waals surface area contributed by atoms with Crippen molar-refractivity contribution in [1.29, 1.82) is 0 Å². The Bertz CT molecular complexity index is 567. The van der Waals surface area contributed by atoms with Gasteiger partial charge in [-0.25, -0.2) is 0 Å². The van der Waals surface area contributed by atoms with E-state index in [1.807, 2.05) is 0 Å². The molecule has 0 atom stereocenters. The summed E-state index contributed by atoms with van der Waals surface area (Å²) in [7, 11) is 0. The van der Waals surface area contributed by atoms with Crippen LogP contribution in [0.3, 0.4) is 0 Å². The highest BCUT2D eigenvalue weighted by Gasteiger charge is 2.09. The molecule has 2 rings (SSSR count). The minimum atomic E-state index is -0.497. The summed E-state index contributed by atoms with van der Waals surface area (Å²) in [6, 6.07) is 12.3. The lowest BCUT2D eigenvalue weighted by atomic mass is 10.1. The van der Waals surface area contributed by atoms with E-state index in [0.29, 0.717) is 10.0 Å². The fourth-order valence-electron chi connectivity index (χ4n) is 1.42. The van der Waals surface area contributed by atoms with Gasteiger partial charge in [-0.2, -0.15) is 0 Å². The third-order valence-corrected chi connectivity index (χ3v) is 3.07. The molecule has 0 saturated carbocycles. The van der Waals surface area contributed by atoms with Crippen LogP contribution in [-0.4, -0.2) is 4.92 Å². The fraction of sp³-hybridized carbons (Fsp3) is 0. The maximum absolute atomic E-state index is 10.5. The van der Waals surface area contributed by atoms with Crippen molar-refractivity contribution in [3.63, 3.8) is 0 Å². The lowest BCUT2D eigenvalue weighted by Crippen LogP contribution is -1.88. The van der Waals surface area contributed by atoms with E-state index in [0.717, 1.165) is 11.1 Å². The molecule has 17 heavy (non-hydrogen) atoms. The first-order chi connectivity index (χ1) is 8.09. The predicted molar refractivity (Wildman–Crippen MR) is 67.4 cm³/mol. The van der Waals surface area contributed by atoms with E-state index in [-0.39, 0.29) is 5.69 Å². The molecule has 0 aliphatic heterocycles. The van der Waals surface area contributed by atoms with Crippen LogP contribution in [0.25, 0.3) is 11.1 Å². The van der Waals surface area contributed by atoms with Gasteiger partial charge >= 0.3 is 0 Å². The number of nitrogens with zero attached hydrogens (tertiary/aromatic N) is 1. The largest absolute Gasteiger partial charge is 0.277 e. The van der Waals surface area contributed by atoms with Crippen molar-refractivity contribution in [1.82, 2.24) is 0 Å². The number of benzene rings is 2. The number of hydrogen-bond acceptors (Lipinski definition) is 2. The zero-order chi connectivity index (χ0) is 12.4. The van der Waals surface area contributed by atoms with Crippen molar-refractivity contribution in [2.75, 3.05) is 0 Å². The summed E-state index contributed by atoms with van der Waals surface area (Å²) in [4.78, 5) is 10.0. The fourth-order valence-corrected chi connectivity index (χ4v) is 1.83. The first-order valence-electron chi connectivity index (χ1n) is 4.70. The molecule has 0 N–H and O–H groups in total. The van der Waals surface area contributed by atoms with E-state index in [9.17, 15) is 10.1 Å². The molecule has 0 fully saturated rings. The van der Waals surface area contributed by atoms with E-state index in [1.54, 1.807) is 24.3 Å². The number of nitro groups is 1. The number of non-ortho nitro benzene ring substituents is 1. The van der Waals surface area contributed by atoms with E-state index in [4.69, 9.17) is 23.2 Å². The second kappa shape index (κ2) is 4.73. The van der Waals surface area contributed by atoms with E-state index >= 15 is 0 Å². The average Bonchev–Trinajstić information content (AvgIpc) is 2.33. The minimum absolute atomic E-state index is 0.0769. The molecule has 0 spiro atoms. The number of nitro benzene ring substituents is 1. The summed E-state index contributed by atoms with van der Waals surface area (Å²) in [5.74, 6) is 0. The zero-order valence-corrected chi connectivity index (χ0v) is 10.00. The van der Waals surface area contributed by atoms with Gasteiger partial charge in [0.05, 0.1) is 21.0 Å². The van der Waals surface area contributed by atoms with Crippen LogP contribution in [-0.2, 0) is 0 Å². The van der Waals surface area contributed by atoms with E-state index in [1.165, 1.54) is 12.1 Å². The molecular formula is C12H6Cl2NO2. The third-order valence-electron chi connectivity index (χ3n) is 2.26. The minimum Gasteiger partial charge on any atom is -0.258 e. The normalized spacial score (nSPS) is 10.2. The molecule has 2 aromatic rings. The van der Waals surface area contributed by atoms with Gasteiger partial charge in [-0.3, -0.25) is 10.1 Å². The molecule has 0 aliphatic rings. The summed E-state index contributed by atoms with van der Waals surface area (Å²) in [5, 5.41) is 11.4. The molecule has 2 aromatic carbocycles. The summed E-state index contributed by atoms with van der Waals surface area (Å²) < 4.78 is 0. The highest BCUT2D eigenvalue weighted by Crippen LogP contribution is 2.33. The van der Waals surface area contributed by atoms with Crippen molar-refractivity contribution >= 4 is 28.9 Å². The third kappa shape index (κ3) is 2.40. The van der Waals surface area contributed by atoms with Gasteiger partial charge in [0.2, 0.25) is 0 Å². The van der Waals surface area contributed by atoms with Crippen molar-refractivity contribution in [2.24, 2.45) is 0 Å². The van der Waals surface area contributed by atoms with Crippen LogP contribution in [0, 0.1) is 16.2 Å². The molecule has 0 saturated heterocycles. The van der Waals surface area contributed by atoms with Gasteiger partial charge in [-0.15, -0.1) is 0 Å². The molecule has 0 bridgehead atoms. The topological polar surface area (TPSA) is 43.1 Å². The molecule has 0 unspecified atom stereocenters. The van der Waals surface area contributed by atoms with Crippen LogP contribution < -0.4 is 0 Å². The molecule has 0 aliphatic carbocycles. The van der Waals surface area contributed by atoms with Gasteiger partial charge in [0, 0.05) is 11.6 Å². The molecule has 1 radical (unpaired) electrons. The zero-order valence-electron chi connectivity index (χ0n) is 8.48. The molecule has 0 amide bonds. The maximum Gasteiger partial charge on any atom is 0.277 e. The molecule has 0 aromatic heterocycles. The highest BCUT2D eigenvalue weighted by molar-refractivity contribution is 6.43. The first-order valence-corrected chi connectivity index (χ1v) is 5.45. The molecule has 3 nitrogen and oxygen atoms in total. The first kappa shape index (κ1) is 11.9. The van der Waals surface area contributed by atoms with Crippen molar-refractivity contribution < 1.29 is 4.92 Å². The molecule has 0 heterocycles. The number of rotatable bonds is 2. The Labute approximate surface area is 108 Å². The lowest BCUT2D eigenvalue weighted by molar-refractivity contribution is -0.385. The smallest absolute Gasteiger partial charge is 0.258 e. The quantitative estimate of drug-likeness (QED) is 0.599. The summed E-state index contributed by atoms with van der Waals surface area (Å²) in [5.41, 5.74) is 1.39.